The number of fused-ring (bicyclic) bond motifs is 1. The minimum atomic E-state index is -1.09. The SMILES string of the molecule is C=CCN(Cc1ccccc1)C(=O)C1N(CCCCCO)C(=O)[C@@H]2[C@H](C(=O)N(CC=C)CCC)[C@H]3OC12CC3Br. The van der Waals surface area contributed by atoms with Crippen molar-refractivity contribution in [3.63, 3.8) is 0 Å². The number of nitrogens with zero attached hydrogens (tertiary/aromatic N) is 3. The molecule has 1 aromatic carbocycles. The molecule has 9 heteroatoms. The third-order valence-electron chi connectivity index (χ3n) is 8.40. The highest BCUT2D eigenvalue weighted by Gasteiger charge is 2.76. The van der Waals surface area contributed by atoms with Gasteiger partial charge in [-0.15, -0.1) is 13.2 Å². The van der Waals surface area contributed by atoms with E-state index in [4.69, 9.17) is 4.74 Å². The van der Waals surface area contributed by atoms with E-state index in [1.807, 2.05) is 37.3 Å². The molecule has 3 aliphatic rings. The van der Waals surface area contributed by atoms with E-state index in [9.17, 15) is 19.5 Å². The summed E-state index contributed by atoms with van der Waals surface area (Å²) in [4.78, 5) is 47.7. The van der Waals surface area contributed by atoms with E-state index in [1.54, 1.807) is 26.9 Å². The number of amides is 3. The van der Waals surface area contributed by atoms with Crippen molar-refractivity contribution in [2.24, 2.45) is 11.8 Å². The summed E-state index contributed by atoms with van der Waals surface area (Å²) < 4.78 is 6.68. The molecule has 0 aliphatic carbocycles. The molecule has 6 atom stereocenters. The van der Waals surface area contributed by atoms with Gasteiger partial charge in [-0.1, -0.05) is 65.3 Å². The maximum atomic E-state index is 14.5. The molecule has 0 saturated carbocycles. The zero-order valence-corrected chi connectivity index (χ0v) is 25.0. The molecule has 3 aliphatic heterocycles. The van der Waals surface area contributed by atoms with E-state index in [0.29, 0.717) is 52.0 Å². The monoisotopic (exact) mass is 615 g/mol. The molecule has 4 rings (SSSR count). The second kappa shape index (κ2) is 13.4. The molecule has 218 valence electrons. The first kappa shape index (κ1) is 30.5. The summed E-state index contributed by atoms with van der Waals surface area (Å²) in [6, 6.07) is 8.91. The molecule has 3 unspecified atom stereocenters. The maximum absolute atomic E-state index is 14.5. The second-order valence-corrected chi connectivity index (χ2v) is 12.2. The Labute approximate surface area is 246 Å². The molecule has 3 fully saturated rings. The molecule has 3 heterocycles. The molecular weight excluding hydrogens is 574 g/mol. The molecule has 3 saturated heterocycles. The van der Waals surface area contributed by atoms with Crippen molar-refractivity contribution in [2.45, 2.75) is 68.1 Å². The maximum Gasteiger partial charge on any atom is 0.248 e. The lowest BCUT2D eigenvalue weighted by Gasteiger charge is -2.37. The summed E-state index contributed by atoms with van der Waals surface area (Å²) in [7, 11) is 0. The lowest BCUT2D eigenvalue weighted by Crippen LogP contribution is -2.57. The van der Waals surface area contributed by atoms with Gasteiger partial charge in [0.05, 0.1) is 17.9 Å². The number of hydrogen-bond acceptors (Lipinski definition) is 5. The number of halogens is 1. The Hall–Kier alpha value is -2.49. The lowest BCUT2D eigenvalue weighted by molar-refractivity contribution is -0.149. The van der Waals surface area contributed by atoms with Crippen molar-refractivity contribution in [2.75, 3.05) is 32.8 Å². The zero-order valence-electron chi connectivity index (χ0n) is 23.4. The first-order chi connectivity index (χ1) is 19.3. The first-order valence-electron chi connectivity index (χ1n) is 14.4. The summed E-state index contributed by atoms with van der Waals surface area (Å²) in [5, 5.41) is 9.28. The summed E-state index contributed by atoms with van der Waals surface area (Å²) in [6.45, 7) is 11.8. The van der Waals surface area contributed by atoms with Crippen molar-refractivity contribution < 1.29 is 24.2 Å². The van der Waals surface area contributed by atoms with Crippen LogP contribution < -0.4 is 0 Å². The van der Waals surface area contributed by atoms with E-state index < -0.39 is 29.6 Å². The number of benzene rings is 1. The number of unbranched alkanes of at least 4 members (excludes halogenated alkanes) is 2. The van der Waals surface area contributed by atoms with Crippen LogP contribution in [0.2, 0.25) is 0 Å². The highest BCUT2D eigenvalue weighted by Crippen LogP contribution is 2.60. The molecule has 3 amide bonds. The molecule has 1 N–H and O–H groups in total. The van der Waals surface area contributed by atoms with Crippen LogP contribution in [-0.2, 0) is 25.7 Å². The number of aliphatic hydroxyl groups is 1. The van der Waals surface area contributed by atoms with Gasteiger partial charge in [0.2, 0.25) is 17.7 Å². The van der Waals surface area contributed by atoms with Crippen molar-refractivity contribution in [3.8, 4) is 0 Å². The molecule has 1 aromatic rings. The Morgan fingerprint density at radius 2 is 1.82 bits per heavy atom. The van der Waals surface area contributed by atoms with Gasteiger partial charge in [0.15, 0.2) is 0 Å². The average Bonchev–Trinajstić information content (AvgIpc) is 3.54. The van der Waals surface area contributed by atoms with Crippen molar-refractivity contribution in [1.29, 1.82) is 0 Å². The van der Waals surface area contributed by atoms with Crippen LogP contribution in [0, 0.1) is 11.8 Å². The number of carbonyl (C=O) groups is 3. The fraction of sp³-hybridized carbons (Fsp3) is 0.581. The number of aliphatic hydroxyl groups excluding tert-OH is 1. The van der Waals surface area contributed by atoms with E-state index in [0.717, 1.165) is 18.4 Å². The molecule has 0 aromatic heterocycles. The highest BCUT2D eigenvalue weighted by atomic mass is 79.9. The Bertz CT molecular complexity index is 1080. The Morgan fingerprint density at radius 3 is 2.48 bits per heavy atom. The minimum absolute atomic E-state index is 0.0796. The number of hydrogen-bond donors (Lipinski definition) is 1. The van der Waals surface area contributed by atoms with Crippen LogP contribution in [0.25, 0.3) is 0 Å². The van der Waals surface area contributed by atoms with Crippen molar-refractivity contribution in [3.05, 3.63) is 61.2 Å². The van der Waals surface area contributed by atoms with E-state index >= 15 is 0 Å². The third-order valence-corrected chi connectivity index (χ3v) is 9.24. The smallest absolute Gasteiger partial charge is 0.248 e. The van der Waals surface area contributed by atoms with Crippen LogP contribution in [0.1, 0.15) is 44.6 Å². The van der Waals surface area contributed by atoms with Crippen LogP contribution in [-0.4, -0.2) is 92.9 Å². The summed E-state index contributed by atoms with van der Waals surface area (Å²) in [5.74, 6) is -1.88. The lowest BCUT2D eigenvalue weighted by atomic mass is 9.70. The molecule has 0 radical (unpaired) electrons. The molecule has 1 spiro atoms. The van der Waals surface area contributed by atoms with Crippen LogP contribution in [0.5, 0.6) is 0 Å². The van der Waals surface area contributed by atoms with Gasteiger partial charge in [0, 0.05) is 44.2 Å². The van der Waals surface area contributed by atoms with Crippen LogP contribution in [0.15, 0.2) is 55.6 Å². The Kier molecular flexibility index (Phi) is 10.2. The summed E-state index contributed by atoms with van der Waals surface area (Å²) >= 11 is 3.76. The van der Waals surface area contributed by atoms with Gasteiger partial charge in [-0.25, -0.2) is 0 Å². The van der Waals surface area contributed by atoms with E-state index in [1.165, 1.54) is 0 Å². The summed E-state index contributed by atoms with van der Waals surface area (Å²) in [6.07, 6.45) is 6.19. The number of ether oxygens (including phenoxy) is 1. The van der Waals surface area contributed by atoms with Crippen molar-refractivity contribution >= 4 is 33.7 Å². The highest BCUT2D eigenvalue weighted by molar-refractivity contribution is 9.09. The number of alkyl halides is 1. The van der Waals surface area contributed by atoms with E-state index in [2.05, 4.69) is 29.1 Å². The van der Waals surface area contributed by atoms with Crippen molar-refractivity contribution in [1.82, 2.24) is 14.7 Å². The van der Waals surface area contributed by atoms with Gasteiger partial charge in [-0.2, -0.15) is 0 Å². The zero-order chi connectivity index (χ0) is 28.9. The molecule has 40 heavy (non-hydrogen) atoms. The average molecular weight is 617 g/mol. The van der Waals surface area contributed by atoms with Crippen LogP contribution >= 0.6 is 15.9 Å². The molecule has 8 nitrogen and oxygen atoms in total. The van der Waals surface area contributed by atoms with Gasteiger partial charge in [0.25, 0.3) is 0 Å². The van der Waals surface area contributed by atoms with Gasteiger partial charge in [0.1, 0.15) is 11.6 Å². The number of rotatable bonds is 15. The molecular formula is C31H42BrN3O5. The summed E-state index contributed by atoms with van der Waals surface area (Å²) in [5.41, 5.74) is -0.111. The predicted octanol–water partition coefficient (Wildman–Crippen LogP) is 3.54. The Morgan fingerprint density at radius 1 is 1.12 bits per heavy atom. The van der Waals surface area contributed by atoms with Crippen LogP contribution in [0.4, 0.5) is 0 Å². The standard InChI is InChI=1S/C31H42BrN3O5/c1-4-15-33(16-5-2)28(37)24-25-29(38)35(18-11-8-12-19-36)27(31(25)20-23(32)26(24)40-31)30(39)34(17-6-3)21-22-13-9-7-10-14-22/h4,6-7,9-10,13-14,23-27,36H,1,3,5,8,11-12,15-21H2,2H3/t23?,24-,25-,26-,27?,31?/m0/s1. The third kappa shape index (κ3) is 5.65. The minimum Gasteiger partial charge on any atom is -0.396 e. The van der Waals surface area contributed by atoms with Gasteiger partial charge < -0.3 is 24.5 Å². The normalized spacial score (nSPS) is 28.4. The number of carbonyl (C=O) groups excluding carboxylic acids is 3. The van der Waals surface area contributed by atoms with Gasteiger partial charge >= 0.3 is 0 Å². The topological polar surface area (TPSA) is 90.4 Å². The quantitative estimate of drug-likeness (QED) is 0.185. The largest absolute Gasteiger partial charge is 0.396 e. The number of likely N-dealkylation sites (tertiary alicyclic amines) is 1. The second-order valence-electron chi connectivity index (χ2n) is 11.0. The van der Waals surface area contributed by atoms with Crippen LogP contribution in [0.3, 0.4) is 0 Å². The van der Waals surface area contributed by atoms with Gasteiger partial charge in [-0.05, 0) is 37.7 Å². The fourth-order valence-electron chi connectivity index (χ4n) is 6.80. The van der Waals surface area contributed by atoms with E-state index in [-0.39, 0.29) is 29.2 Å². The first-order valence-corrected chi connectivity index (χ1v) is 15.3. The fourth-order valence-corrected chi connectivity index (χ4v) is 7.74. The molecule has 2 bridgehead atoms. The Balaban J connectivity index is 1.72. The predicted molar refractivity (Wildman–Crippen MR) is 157 cm³/mol. The van der Waals surface area contributed by atoms with Gasteiger partial charge in [-0.3, -0.25) is 14.4 Å².